The van der Waals surface area contributed by atoms with E-state index in [-0.39, 0.29) is 0 Å². The second-order valence-electron chi connectivity index (χ2n) is 4.55. The van der Waals surface area contributed by atoms with Crippen LogP contribution in [-0.4, -0.2) is 35.6 Å². The summed E-state index contributed by atoms with van der Waals surface area (Å²) in [5.41, 5.74) is 2.42. The molecule has 1 aromatic carbocycles. The maximum absolute atomic E-state index is 5.48. The molecule has 1 aliphatic rings. The fraction of sp³-hybridized carbons (Fsp3) is 0.357. The molecule has 1 atom stereocenters. The maximum atomic E-state index is 5.48. The Morgan fingerprint density at radius 1 is 1.39 bits per heavy atom. The molecule has 3 rings (SSSR count). The highest BCUT2D eigenvalue weighted by atomic mass is 16.5. The minimum absolute atomic E-state index is 0.423. The lowest BCUT2D eigenvalue weighted by molar-refractivity contribution is 0.0770. The Balaban J connectivity index is 1.74. The summed E-state index contributed by atoms with van der Waals surface area (Å²) >= 11 is 0. The monoisotopic (exact) mass is 243 g/mol. The average molecular weight is 243 g/mol. The van der Waals surface area contributed by atoms with E-state index in [0.717, 1.165) is 31.9 Å². The summed E-state index contributed by atoms with van der Waals surface area (Å²) in [6.45, 7) is 2.57. The van der Waals surface area contributed by atoms with Gasteiger partial charge in [-0.1, -0.05) is 12.1 Å². The molecular weight excluding hydrogens is 226 g/mol. The molecule has 1 unspecified atom stereocenters. The SMILES string of the molecule is c1cc(CC2COCCN2)cc(-n2cccn2)c1. The number of nitrogens with zero attached hydrogens (tertiary/aromatic N) is 2. The smallest absolute Gasteiger partial charge is 0.0648 e. The molecule has 1 fully saturated rings. The van der Waals surface area contributed by atoms with Crippen LogP contribution in [-0.2, 0) is 11.2 Å². The lowest BCUT2D eigenvalue weighted by Crippen LogP contribution is -2.42. The zero-order chi connectivity index (χ0) is 12.2. The fourth-order valence-electron chi connectivity index (χ4n) is 2.28. The molecule has 1 N–H and O–H groups in total. The molecule has 0 aliphatic carbocycles. The molecular formula is C14H17N3O. The van der Waals surface area contributed by atoms with Crippen molar-refractivity contribution in [2.24, 2.45) is 0 Å². The van der Waals surface area contributed by atoms with Crippen LogP contribution in [0.15, 0.2) is 42.7 Å². The Morgan fingerprint density at radius 2 is 2.39 bits per heavy atom. The summed E-state index contributed by atoms with van der Waals surface area (Å²) in [4.78, 5) is 0. The van der Waals surface area contributed by atoms with Crippen molar-refractivity contribution in [3.8, 4) is 5.69 Å². The summed E-state index contributed by atoms with van der Waals surface area (Å²) in [5.74, 6) is 0. The summed E-state index contributed by atoms with van der Waals surface area (Å²) < 4.78 is 7.36. The normalized spacial score (nSPS) is 19.9. The fourth-order valence-corrected chi connectivity index (χ4v) is 2.28. The third-order valence-corrected chi connectivity index (χ3v) is 3.16. The Bertz CT molecular complexity index is 490. The van der Waals surface area contributed by atoms with Crippen LogP contribution < -0.4 is 5.32 Å². The summed E-state index contributed by atoms with van der Waals surface area (Å²) in [7, 11) is 0. The first kappa shape index (κ1) is 11.4. The van der Waals surface area contributed by atoms with E-state index < -0.39 is 0 Å². The number of aromatic nitrogens is 2. The average Bonchev–Trinajstić information content (AvgIpc) is 2.94. The van der Waals surface area contributed by atoms with Gasteiger partial charge in [0.05, 0.1) is 18.9 Å². The first-order valence-electron chi connectivity index (χ1n) is 6.32. The number of morpholine rings is 1. The topological polar surface area (TPSA) is 39.1 Å². The van der Waals surface area contributed by atoms with E-state index in [4.69, 9.17) is 4.74 Å². The highest BCUT2D eigenvalue weighted by Crippen LogP contribution is 2.12. The molecule has 1 saturated heterocycles. The Hall–Kier alpha value is -1.65. The van der Waals surface area contributed by atoms with Gasteiger partial charge in [0.1, 0.15) is 0 Å². The minimum atomic E-state index is 0.423. The van der Waals surface area contributed by atoms with E-state index in [0.29, 0.717) is 6.04 Å². The van der Waals surface area contributed by atoms with Gasteiger partial charge in [-0.05, 0) is 30.2 Å². The molecule has 0 spiro atoms. The number of rotatable bonds is 3. The predicted octanol–water partition coefficient (Wildman–Crippen LogP) is 1.40. The molecule has 18 heavy (non-hydrogen) atoms. The summed E-state index contributed by atoms with van der Waals surface area (Å²) in [6, 6.07) is 10.8. The molecule has 94 valence electrons. The molecule has 2 heterocycles. The third-order valence-electron chi connectivity index (χ3n) is 3.16. The zero-order valence-corrected chi connectivity index (χ0v) is 10.2. The van der Waals surface area contributed by atoms with Crippen LogP contribution in [0.2, 0.25) is 0 Å². The number of nitrogens with one attached hydrogen (secondary N) is 1. The van der Waals surface area contributed by atoms with E-state index >= 15 is 0 Å². The van der Waals surface area contributed by atoms with Gasteiger partial charge in [0.2, 0.25) is 0 Å². The first-order valence-corrected chi connectivity index (χ1v) is 6.32. The van der Waals surface area contributed by atoms with Crippen molar-refractivity contribution in [3.63, 3.8) is 0 Å². The van der Waals surface area contributed by atoms with Crippen molar-refractivity contribution in [1.82, 2.24) is 15.1 Å². The van der Waals surface area contributed by atoms with Crippen LogP contribution >= 0.6 is 0 Å². The van der Waals surface area contributed by atoms with Gasteiger partial charge in [0.15, 0.2) is 0 Å². The van der Waals surface area contributed by atoms with Gasteiger partial charge in [-0.25, -0.2) is 4.68 Å². The minimum Gasteiger partial charge on any atom is -0.379 e. The molecule has 1 aliphatic heterocycles. The van der Waals surface area contributed by atoms with Crippen LogP contribution in [0.5, 0.6) is 0 Å². The van der Waals surface area contributed by atoms with E-state index in [1.807, 2.05) is 16.9 Å². The quantitative estimate of drug-likeness (QED) is 0.885. The lowest BCUT2D eigenvalue weighted by Gasteiger charge is -2.23. The number of benzene rings is 1. The maximum Gasteiger partial charge on any atom is 0.0648 e. The molecule has 0 bridgehead atoms. The number of hydrogen-bond acceptors (Lipinski definition) is 3. The van der Waals surface area contributed by atoms with Crippen molar-refractivity contribution in [2.75, 3.05) is 19.8 Å². The highest BCUT2D eigenvalue weighted by molar-refractivity contribution is 5.35. The standard InChI is InChI=1S/C14H17N3O/c1-3-12(9-13-11-18-8-6-15-13)10-14(4-1)17-7-2-5-16-17/h1-5,7,10,13,15H,6,8-9,11H2. The van der Waals surface area contributed by atoms with Crippen molar-refractivity contribution >= 4 is 0 Å². The van der Waals surface area contributed by atoms with Gasteiger partial charge in [-0.15, -0.1) is 0 Å². The molecule has 4 heteroatoms. The third kappa shape index (κ3) is 2.60. The second kappa shape index (κ2) is 5.33. The molecule has 0 radical (unpaired) electrons. The first-order chi connectivity index (χ1) is 8.92. The molecule has 1 aromatic heterocycles. The van der Waals surface area contributed by atoms with Gasteiger partial charge in [0, 0.05) is 25.0 Å². The van der Waals surface area contributed by atoms with E-state index in [1.165, 1.54) is 5.56 Å². The predicted molar refractivity (Wildman–Crippen MR) is 69.9 cm³/mol. The molecule has 0 amide bonds. The van der Waals surface area contributed by atoms with Crippen LogP contribution in [0.4, 0.5) is 0 Å². The van der Waals surface area contributed by atoms with Gasteiger partial charge >= 0.3 is 0 Å². The van der Waals surface area contributed by atoms with Crippen molar-refractivity contribution in [1.29, 1.82) is 0 Å². The Labute approximate surface area is 107 Å². The van der Waals surface area contributed by atoms with Crippen LogP contribution in [0.1, 0.15) is 5.56 Å². The molecule has 0 saturated carbocycles. The Morgan fingerprint density at radius 3 is 3.17 bits per heavy atom. The highest BCUT2D eigenvalue weighted by Gasteiger charge is 2.13. The second-order valence-corrected chi connectivity index (χ2v) is 4.55. The van der Waals surface area contributed by atoms with Crippen LogP contribution in [0.25, 0.3) is 5.69 Å². The number of ether oxygens (including phenoxy) is 1. The lowest BCUT2D eigenvalue weighted by atomic mass is 10.1. The number of hydrogen-bond donors (Lipinski definition) is 1. The van der Waals surface area contributed by atoms with Gasteiger partial charge in [0.25, 0.3) is 0 Å². The van der Waals surface area contributed by atoms with Crippen molar-refractivity contribution in [2.45, 2.75) is 12.5 Å². The van der Waals surface area contributed by atoms with Gasteiger partial charge < -0.3 is 10.1 Å². The zero-order valence-electron chi connectivity index (χ0n) is 10.2. The van der Waals surface area contributed by atoms with Gasteiger partial charge in [-0.3, -0.25) is 0 Å². The molecule has 2 aromatic rings. The van der Waals surface area contributed by atoms with E-state index in [9.17, 15) is 0 Å². The Kier molecular flexibility index (Phi) is 3.39. The van der Waals surface area contributed by atoms with E-state index in [1.54, 1.807) is 6.20 Å². The largest absolute Gasteiger partial charge is 0.379 e. The van der Waals surface area contributed by atoms with Crippen LogP contribution in [0, 0.1) is 0 Å². The molecule has 4 nitrogen and oxygen atoms in total. The van der Waals surface area contributed by atoms with Crippen molar-refractivity contribution < 1.29 is 4.74 Å². The van der Waals surface area contributed by atoms with Crippen LogP contribution in [0.3, 0.4) is 0 Å². The van der Waals surface area contributed by atoms with Gasteiger partial charge in [-0.2, -0.15) is 5.10 Å². The van der Waals surface area contributed by atoms with Crippen molar-refractivity contribution in [3.05, 3.63) is 48.3 Å². The summed E-state index contributed by atoms with van der Waals surface area (Å²) in [5, 5.41) is 7.73. The van der Waals surface area contributed by atoms with E-state index in [2.05, 4.69) is 34.7 Å². The summed E-state index contributed by atoms with van der Waals surface area (Å²) in [6.07, 6.45) is 4.75.